The van der Waals surface area contributed by atoms with E-state index in [1.54, 1.807) is 11.8 Å². The molecule has 2 aromatic rings. The van der Waals surface area contributed by atoms with Gasteiger partial charge in [-0.05, 0) is 19.4 Å². The minimum Gasteiger partial charge on any atom is -0.322 e. The third-order valence-corrected chi connectivity index (χ3v) is 3.74. The van der Waals surface area contributed by atoms with Gasteiger partial charge in [-0.3, -0.25) is 9.89 Å². The van der Waals surface area contributed by atoms with Gasteiger partial charge < -0.3 is 5.32 Å². The van der Waals surface area contributed by atoms with Crippen LogP contribution in [-0.4, -0.2) is 21.9 Å². The molecule has 100 valence electrons. The molecule has 2 rings (SSSR count). The van der Waals surface area contributed by atoms with Gasteiger partial charge in [0.05, 0.1) is 22.8 Å². The number of aryl methyl sites for hydroxylation is 2. The maximum Gasteiger partial charge on any atom is 0.234 e. The molecular weight excluding hydrogens is 258 g/mol. The lowest BCUT2D eigenvalue weighted by Gasteiger charge is -2.05. The summed E-state index contributed by atoms with van der Waals surface area (Å²) in [5.41, 5.74) is 3.74. The lowest BCUT2D eigenvalue weighted by atomic mass is 10.2. The van der Waals surface area contributed by atoms with Crippen molar-refractivity contribution in [3.8, 4) is 0 Å². The van der Waals surface area contributed by atoms with Crippen LogP contribution >= 0.6 is 11.8 Å². The average Bonchev–Trinajstić information content (AvgIpc) is 2.72. The van der Waals surface area contributed by atoms with E-state index >= 15 is 0 Å². The van der Waals surface area contributed by atoms with Crippen LogP contribution in [0.4, 0.5) is 5.69 Å². The van der Waals surface area contributed by atoms with Crippen LogP contribution in [0, 0.1) is 13.8 Å². The molecule has 0 spiro atoms. The summed E-state index contributed by atoms with van der Waals surface area (Å²) in [6, 6.07) is 10.1. The van der Waals surface area contributed by atoms with Gasteiger partial charge >= 0.3 is 0 Å². The molecule has 0 radical (unpaired) electrons. The monoisotopic (exact) mass is 275 g/mol. The fraction of sp³-hybridized carbons (Fsp3) is 0.286. The standard InChI is InChI=1S/C14H17N3OS/c1-10-14(11(2)17-16-10)15-13(18)9-19-8-12-6-4-3-5-7-12/h3-7H,8-9H2,1-2H3,(H,15,18)(H,16,17). The average molecular weight is 275 g/mol. The Morgan fingerprint density at radius 1 is 1.32 bits per heavy atom. The van der Waals surface area contributed by atoms with Crippen molar-refractivity contribution in [1.29, 1.82) is 0 Å². The van der Waals surface area contributed by atoms with Crippen LogP contribution in [0.15, 0.2) is 30.3 Å². The Morgan fingerprint density at radius 3 is 2.68 bits per heavy atom. The molecule has 0 aliphatic rings. The number of anilines is 1. The van der Waals surface area contributed by atoms with Crippen molar-refractivity contribution in [3.05, 3.63) is 47.3 Å². The minimum atomic E-state index is 0.00790. The van der Waals surface area contributed by atoms with Gasteiger partial charge in [0.15, 0.2) is 0 Å². The molecule has 0 saturated heterocycles. The molecule has 1 aromatic heterocycles. The van der Waals surface area contributed by atoms with E-state index in [1.807, 2.05) is 32.0 Å². The van der Waals surface area contributed by atoms with Crippen LogP contribution in [0.2, 0.25) is 0 Å². The molecule has 1 amide bonds. The third-order valence-electron chi connectivity index (χ3n) is 2.74. The molecule has 0 saturated carbocycles. The predicted octanol–water partition coefficient (Wildman–Crippen LogP) is 2.90. The van der Waals surface area contributed by atoms with Gasteiger partial charge in [0.2, 0.25) is 5.91 Å². The van der Waals surface area contributed by atoms with Crippen LogP contribution in [0.25, 0.3) is 0 Å². The lowest BCUT2D eigenvalue weighted by molar-refractivity contribution is -0.113. The summed E-state index contributed by atoms with van der Waals surface area (Å²) in [6.45, 7) is 3.77. The zero-order chi connectivity index (χ0) is 13.7. The number of nitrogens with zero attached hydrogens (tertiary/aromatic N) is 1. The summed E-state index contributed by atoms with van der Waals surface area (Å²) in [7, 11) is 0. The summed E-state index contributed by atoms with van der Waals surface area (Å²) in [4.78, 5) is 11.8. The van der Waals surface area contributed by atoms with Gasteiger partial charge in [-0.2, -0.15) is 5.10 Å². The van der Waals surface area contributed by atoms with Gasteiger partial charge in [0, 0.05) is 5.75 Å². The van der Waals surface area contributed by atoms with Gasteiger partial charge in [0.1, 0.15) is 0 Å². The molecule has 19 heavy (non-hydrogen) atoms. The Bertz CT molecular complexity index is 532. The highest BCUT2D eigenvalue weighted by Gasteiger charge is 2.09. The van der Waals surface area contributed by atoms with E-state index in [2.05, 4.69) is 27.6 Å². The van der Waals surface area contributed by atoms with Crippen molar-refractivity contribution in [2.75, 3.05) is 11.1 Å². The number of rotatable bonds is 5. The van der Waals surface area contributed by atoms with Crippen LogP contribution in [0.1, 0.15) is 17.0 Å². The molecule has 0 unspecified atom stereocenters. The smallest absolute Gasteiger partial charge is 0.234 e. The van der Waals surface area contributed by atoms with E-state index in [0.29, 0.717) is 5.75 Å². The number of aromatic amines is 1. The number of aromatic nitrogens is 2. The molecule has 0 atom stereocenters. The number of nitrogens with one attached hydrogen (secondary N) is 2. The molecule has 4 nitrogen and oxygen atoms in total. The summed E-state index contributed by atoms with van der Waals surface area (Å²) < 4.78 is 0. The van der Waals surface area contributed by atoms with E-state index in [-0.39, 0.29) is 5.91 Å². The summed E-state index contributed by atoms with van der Waals surface area (Å²) >= 11 is 1.61. The fourth-order valence-electron chi connectivity index (χ4n) is 1.75. The number of hydrogen-bond donors (Lipinski definition) is 2. The number of carbonyl (C=O) groups is 1. The third kappa shape index (κ3) is 3.86. The first-order valence-corrected chi connectivity index (χ1v) is 7.25. The molecule has 0 fully saturated rings. The van der Waals surface area contributed by atoms with Crippen LogP contribution in [0.5, 0.6) is 0 Å². The SMILES string of the molecule is Cc1n[nH]c(C)c1NC(=O)CSCc1ccccc1. The Balaban J connectivity index is 1.79. The fourth-order valence-corrected chi connectivity index (χ4v) is 2.53. The van der Waals surface area contributed by atoms with Crippen molar-refractivity contribution in [3.63, 3.8) is 0 Å². The molecule has 0 aliphatic carbocycles. The molecule has 1 aromatic carbocycles. The summed E-state index contributed by atoms with van der Waals surface area (Å²) in [5.74, 6) is 1.30. The number of amides is 1. The molecule has 2 N–H and O–H groups in total. The Kier molecular flexibility index (Phi) is 4.63. The number of hydrogen-bond acceptors (Lipinski definition) is 3. The number of benzene rings is 1. The molecule has 5 heteroatoms. The second kappa shape index (κ2) is 6.43. The molecular formula is C14H17N3OS. The number of carbonyl (C=O) groups excluding carboxylic acids is 1. The second-order valence-corrected chi connectivity index (χ2v) is 5.32. The van der Waals surface area contributed by atoms with Crippen molar-refractivity contribution in [1.82, 2.24) is 10.2 Å². The highest BCUT2D eigenvalue weighted by molar-refractivity contribution is 7.99. The van der Waals surface area contributed by atoms with Crippen molar-refractivity contribution >= 4 is 23.4 Å². The van der Waals surface area contributed by atoms with Crippen molar-refractivity contribution in [2.24, 2.45) is 0 Å². The van der Waals surface area contributed by atoms with Crippen molar-refractivity contribution < 1.29 is 4.79 Å². The largest absolute Gasteiger partial charge is 0.322 e. The van der Waals surface area contributed by atoms with E-state index in [1.165, 1.54) is 5.56 Å². The first-order chi connectivity index (χ1) is 9.16. The highest BCUT2D eigenvalue weighted by Crippen LogP contribution is 2.17. The summed E-state index contributed by atoms with van der Waals surface area (Å²) in [6.07, 6.45) is 0. The van der Waals surface area contributed by atoms with Crippen LogP contribution in [0.3, 0.4) is 0 Å². The second-order valence-electron chi connectivity index (χ2n) is 4.34. The number of thioether (sulfide) groups is 1. The summed E-state index contributed by atoms with van der Waals surface area (Å²) in [5, 5.41) is 9.79. The zero-order valence-electron chi connectivity index (χ0n) is 11.1. The van der Waals surface area contributed by atoms with Crippen LogP contribution < -0.4 is 5.32 Å². The van der Waals surface area contributed by atoms with E-state index < -0.39 is 0 Å². The zero-order valence-corrected chi connectivity index (χ0v) is 11.9. The Morgan fingerprint density at radius 2 is 2.05 bits per heavy atom. The van der Waals surface area contributed by atoms with E-state index in [4.69, 9.17) is 0 Å². The van der Waals surface area contributed by atoms with Gasteiger partial charge in [-0.15, -0.1) is 11.8 Å². The molecule has 0 aliphatic heterocycles. The predicted molar refractivity (Wildman–Crippen MR) is 79.3 cm³/mol. The molecule has 0 bridgehead atoms. The first kappa shape index (κ1) is 13.7. The van der Waals surface area contributed by atoms with Crippen LogP contribution in [-0.2, 0) is 10.5 Å². The number of H-pyrrole nitrogens is 1. The Labute approximate surface area is 117 Å². The minimum absolute atomic E-state index is 0.00790. The first-order valence-electron chi connectivity index (χ1n) is 6.10. The maximum atomic E-state index is 11.8. The van der Waals surface area contributed by atoms with Gasteiger partial charge in [0.25, 0.3) is 0 Å². The van der Waals surface area contributed by atoms with Gasteiger partial charge in [-0.1, -0.05) is 30.3 Å². The highest BCUT2D eigenvalue weighted by atomic mass is 32.2. The topological polar surface area (TPSA) is 57.8 Å². The Hall–Kier alpha value is -1.75. The quantitative estimate of drug-likeness (QED) is 0.882. The van der Waals surface area contributed by atoms with Gasteiger partial charge in [-0.25, -0.2) is 0 Å². The van der Waals surface area contributed by atoms with E-state index in [0.717, 1.165) is 22.8 Å². The molecule has 1 heterocycles. The normalized spacial score (nSPS) is 10.4. The maximum absolute atomic E-state index is 11.8. The lowest BCUT2D eigenvalue weighted by Crippen LogP contribution is -2.15. The van der Waals surface area contributed by atoms with E-state index in [9.17, 15) is 4.79 Å². The van der Waals surface area contributed by atoms with Crippen molar-refractivity contribution in [2.45, 2.75) is 19.6 Å².